The molecule has 1 atom stereocenters. The maximum Gasteiger partial charge on any atom is 0.234 e. The Morgan fingerprint density at radius 1 is 1.62 bits per heavy atom. The second-order valence-corrected chi connectivity index (χ2v) is 5.00. The highest BCUT2D eigenvalue weighted by Crippen LogP contribution is 2.05. The Kier molecular flexibility index (Phi) is 3.52. The maximum atomic E-state index is 10.9. The molecule has 0 aromatic heterocycles. The average molecular weight is 227 g/mol. The molecule has 1 rings (SSSR count). The van der Waals surface area contributed by atoms with Crippen LogP contribution in [0, 0.1) is 0 Å². The molecule has 13 heavy (non-hydrogen) atoms. The van der Waals surface area contributed by atoms with Crippen molar-refractivity contribution >= 4 is 27.5 Å². The third-order valence-electron chi connectivity index (χ3n) is 1.75. The molecule has 0 aliphatic carbocycles. The summed E-state index contributed by atoms with van der Waals surface area (Å²) in [5.41, 5.74) is 0. The zero-order chi connectivity index (χ0) is 9.90. The van der Waals surface area contributed by atoms with Gasteiger partial charge in [0.15, 0.2) is 0 Å². The van der Waals surface area contributed by atoms with Crippen molar-refractivity contribution in [2.24, 2.45) is 0 Å². The fraction of sp³-hybridized carbons (Fsp3) is 0.833. The quantitative estimate of drug-likeness (QED) is 0.609. The Labute approximate surface area is 81.9 Å². The van der Waals surface area contributed by atoms with Gasteiger partial charge in [0.05, 0.1) is 5.75 Å². The first-order valence-corrected chi connectivity index (χ1v) is 6.05. The number of carbonyl (C=O) groups is 1. The predicted molar refractivity (Wildman–Crippen MR) is 49.1 cm³/mol. The number of rotatable bonds is 3. The van der Waals surface area contributed by atoms with E-state index in [-0.39, 0.29) is 23.6 Å². The number of sulfonamides is 1. The SMILES string of the molecule is O=C(CCl)NCC1CCS(=O)(=O)N1. The molecule has 0 radical (unpaired) electrons. The Balaban J connectivity index is 2.29. The smallest absolute Gasteiger partial charge is 0.234 e. The lowest BCUT2D eigenvalue weighted by atomic mass is 10.2. The summed E-state index contributed by atoms with van der Waals surface area (Å²) in [6.45, 7) is 0.310. The third-order valence-corrected chi connectivity index (χ3v) is 3.46. The van der Waals surface area contributed by atoms with Gasteiger partial charge in [0.1, 0.15) is 5.88 Å². The second-order valence-electron chi connectivity index (χ2n) is 2.86. The van der Waals surface area contributed by atoms with Gasteiger partial charge in [-0.25, -0.2) is 13.1 Å². The van der Waals surface area contributed by atoms with Gasteiger partial charge in [0.25, 0.3) is 0 Å². The fourth-order valence-electron chi connectivity index (χ4n) is 1.10. The van der Waals surface area contributed by atoms with Crippen LogP contribution >= 0.6 is 11.6 Å². The van der Waals surface area contributed by atoms with E-state index in [0.717, 1.165) is 0 Å². The highest BCUT2D eigenvalue weighted by atomic mass is 35.5. The Bertz CT molecular complexity index is 290. The number of halogens is 1. The molecule has 1 unspecified atom stereocenters. The summed E-state index contributed by atoms with van der Waals surface area (Å²) in [6.07, 6.45) is 0.533. The van der Waals surface area contributed by atoms with Crippen LogP contribution in [-0.2, 0) is 14.8 Å². The molecule has 2 N–H and O–H groups in total. The lowest BCUT2D eigenvalue weighted by Gasteiger charge is -2.08. The van der Waals surface area contributed by atoms with Gasteiger partial charge in [-0.2, -0.15) is 0 Å². The van der Waals surface area contributed by atoms with E-state index in [9.17, 15) is 13.2 Å². The van der Waals surface area contributed by atoms with E-state index < -0.39 is 10.0 Å². The second kappa shape index (κ2) is 4.26. The predicted octanol–water partition coefficient (Wildman–Crippen LogP) is -0.967. The summed E-state index contributed by atoms with van der Waals surface area (Å²) < 4.78 is 24.2. The van der Waals surface area contributed by atoms with E-state index >= 15 is 0 Å². The molecule has 1 heterocycles. The Hall–Kier alpha value is -0.330. The Morgan fingerprint density at radius 3 is 2.77 bits per heavy atom. The zero-order valence-corrected chi connectivity index (χ0v) is 8.49. The topological polar surface area (TPSA) is 75.3 Å². The van der Waals surface area contributed by atoms with Crippen LogP contribution in [-0.4, -0.2) is 38.5 Å². The minimum atomic E-state index is -3.08. The molecule has 7 heteroatoms. The van der Waals surface area contributed by atoms with E-state index in [2.05, 4.69) is 10.0 Å². The van der Waals surface area contributed by atoms with Crippen LogP contribution in [0.1, 0.15) is 6.42 Å². The van der Waals surface area contributed by atoms with Crippen LogP contribution in [0.2, 0.25) is 0 Å². The van der Waals surface area contributed by atoms with E-state index in [1.165, 1.54) is 0 Å². The summed E-state index contributed by atoms with van der Waals surface area (Å²) in [7, 11) is -3.08. The van der Waals surface area contributed by atoms with Gasteiger partial charge < -0.3 is 5.32 Å². The highest BCUT2D eigenvalue weighted by Gasteiger charge is 2.26. The molecule has 0 bridgehead atoms. The monoisotopic (exact) mass is 226 g/mol. The molecule has 0 aromatic rings. The van der Waals surface area contributed by atoms with Crippen molar-refractivity contribution in [2.45, 2.75) is 12.5 Å². The van der Waals surface area contributed by atoms with Crippen LogP contribution < -0.4 is 10.0 Å². The first-order valence-electron chi connectivity index (χ1n) is 3.86. The molecular formula is C6H11ClN2O3S. The van der Waals surface area contributed by atoms with E-state index in [0.29, 0.717) is 13.0 Å². The van der Waals surface area contributed by atoms with Crippen molar-refractivity contribution in [1.82, 2.24) is 10.0 Å². The first-order chi connectivity index (χ1) is 6.03. The first kappa shape index (κ1) is 10.7. The summed E-state index contributed by atoms with van der Waals surface area (Å²) in [5, 5.41) is 2.51. The Morgan fingerprint density at radius 2 is 2.31 bits per heavy atom. The molecule has 1 amide bonds. The van der Waals surface area contributed by atoms with Crippen molar-refractivity contribution in [2.75, 3.05) is 18.2 Å². The lowest BCUT2D eigenvalue weighted by Crippen LogP contribution is -2.38. The average Bonchev–Trinajstić information content (AvgIpc) is 2.41. The summed E-state index contributed by atoms with van der Waals surface area (Å²) in [6, 6.07) is -0.183. The molecule has 1 aliphatic rings. The molecule has 0 saturated carbocycles. The normalized spacial score (nSPS) is 25.8. The van der Waals surface area contributed by atoms with Crippen molar-refractivity contribution in [3.05, 3.63) is 0 Å². The number of amides is 1. The number of carbonyl (C=O) groups excluding carboxylic acids is 1. The largest absolute Gasteiger partial charge is 0.353 e. The number of hydrogen-bond donors (Lipinski definition) is 2. The molecule has 5 nitrogen and oxygen atoms in total. The molecule has 0 aromatic carbocycles. The van der Waals surface area contributed by atoms with Gasteiger partial charge in [-0.3, -0.25) is 4.79 Å². The van der Waals surface area contributed by atoms with Crippen molar-refractivity contribution in [3.63, 3.8) is 0 Å². The number of hydrogen-bond acceptors (Lipinski definition) is 3. The van der Waals surface area contributed by atoms with Gasteiger partial charge in [0, 0.05) is 12.6 Å². The standard InChI is InChI=1S/C6H11ClN2O3S/c7-3-6(10)8-4-5-1-2-13(11,12)9-5/h5,9H,1-4H2,(H,8,10). The molecule has 1 fully saturated rings. The van der Waals surface area contributed by atoms with Gasteiger partial charge in [-0.1, -0.05) is 0 Å². The van der Waals surface area contributed by atoms with Crippen molar-refractivity contribution in [3.8, 4) is 0 Å². The molecule has 76 valence electrons. The van der Waals surface area contributed by atoms with Crippen LogP contribution in [0.3, 0.4) is 0 Å². The molecule has 1 aliphatic heterocycles. The summed E-state index contributed by atoms with van der Waals surface area (Å²) >= 11 is 5.24. The molecule has 0 spiro atoms. The summed E-state index contributed by atoms with van der Waals surface area (Å²) in [4.78, 5) is 10.7. The molecule has 1 saturated heterocycles. The fourth-order valence-corrected chi connectivity index (χ4v) is 2.61. The van der Waals surface area contributed by atoms with Crippen LogP contribution in [0.15, 0.2) is 0 Å². The zero-order valence-electron chi connectivity index (χ0n) is 6.92. The van der Waals surface area contributed by atoms with Gasteiger partial charge >= 0.3 is 0 Å². The van der Waals surface area contributed by atoms with Gasteiger partial charge in [-0.05, 0) is 6.42 Å². The van der Waals surface area contributed by atoms with Gasteiger partial charge in [-0.15, -0.1) is 11.6 Å². The number of alkyl halides is 1. The van der Waals surface area contributed by atoms with E-state index in [4.69, 9.17) is 11.6 Å². The summed E-state index contributed by atoms with van der Waals surface area (Å²) in [5.74, 6) is -0.249. The van der Waals surface area contributed by atoms with Crippen LogP contribution in [0.4, 0.5) is 0 Å². The van der Waals surface area contributed by atoms with Crippen LogP contribution in [0.25, 0.3) is 0 Å². The third kappa shape index (κ3) is 3.50. The maximum absolute atomic E-state index is 10.9. The van der Waals surface area contributed by atoms with E-state index in [1.807, 2.05) is 0 Å². The minimum Gasteiger partial charge on any atom is -0.353 e. The lowest BCUT2D eigenvalue weighted by molar-refractivity contribution is -0.118. The van der Waals surface area contributed by atoms with Crippen LogP contribution in [0.5, 0.6) is 0 Å². The van der Waals surface area contributed by atoms with Gasteiger partial charge in [0.2, 0.25) is 15.9 Å². The minimum absolute atomic E-state index is 0.0977. The number of nitrogens with one attached hydrogen (secondary N) is 2. The van der Waals surface area contributed by atoms with Crippen molar-refractivity contribution < 1.29 is 13.2 Å². The van der Waals surface area contributed by atoms with E-state index in [1.54, 1.807) is 0 Å². The van der Waals surface area contributed by atoms with Crippen molar-refractivity contribution in [1.29, 1.82) is 0 Å². The molecular weight excluding hydrogens is 216 g/mol. The highest BCUT2D eigenvalue weighted by molar-refractivity contribution is 7.89.